The number of allylic oxidation sites excluding steroid dienone is 7. The quantitative estimate of drug-likeness (QED) is 0.0162. The van der Waals surface area contributed by atoms with E-state index in [1.807, 2.05) is 33.3 Å². The van der Waals surface area contributed by atoms with Gasteiger partial charge in [-0.1, -0.05) is 152 Å². The first-order valence-corrected chi connectivity index (χ1v) is 22.9. The second kappa shape index (κ2) is 36.3. The molecule has 1 N–H and O–H groups in total. The van der Waals surface area contributed by atoms with Crippen LogP contribution in [0.3, 0.4) is 0 Å². The number of likely N-dealkylation sites (N-methyl/N-ethyl adjacent to an activating group) is 1. The Labute approximate surface area is 336 Å². The van der Waals surface area contributed by atoms with Crippen LogP contribution < -0.4 is 4.89 Å². The van der Waals surface area contributed by atoms with E-state index in [0.29, 0.717) is 30.3 Å². The number of phosphoric ester groups is 1. The lowest BCUT2D eigenvalue weighted by Crippen LogP contribution is -2.37. The largest absolute Gasteiger partial charge is 0.756 e. The number of carbonyl (C=O) groups excluding carboxylic acids is 2. The number of rotatable bonds is 38. The summed E-state index contributed by atoms with van der Waals surface area (Å²) < 4.78 is 33.7. The predicted octanol–water partition coefficient (Wildman–Crippen LogP) is 10.2. The summed E-state index contributed by atoms with van der Waals surface area (Å²) in [7, 11) is 1.05. The summed E-state index contributed by atoms with van der Waals surface area (Å²) in [4.78, 5) is 37.5. The molecule has 0 saturated carbocycles. The molecule has 0 aliphatic rings. The first-order chi connectivity index (χ1) is 26.4. The van der Waals surface area contributed by atoms with E-state index in [1.165, 1.54) is 77.0 Å². The van der Waals surface area contributed by atoms with Crippen molar-refractivity contribution in [1.29, 1.82) is 0 Å². The van der Waals surface area contributed by atoms with E-state index in [-0.39, 0.29) is 26.1 Å². The average Bonchev–Trinajstić information content (AvgIpc) is 3.12. The third kappa shape index (κ3) is 39.9. The highest BCUT2D eigenvalue weighted by molar-refractivity contribution is 7.45. The Balaban J connectivity index is 4.59. The molecule has 0 aromatic carbocycles. The summed E-state index contributed by atoms with van der Waals surface area (Å²) in [5.41, 5.74) is 0. The molecule has 0 aromatic heterocycles. The molecule has 0 amide bonds. The molecule has 0 bridgehead atoms. The number of hydrogen-bond donors (Lipinski definition) is 1. The average molecular weight is 798 g/mol. The summed E-state index contributed by atoms with van der Waals surface area (Å²) in [5, 5.41) is 10.3. The number of ether oxygens (including phenoxy) is 2. The fourth-order valence-electron chi connectivity index (χ4n) is 5.52. The molecule has 0 heterocycles. The van der Waals surface area contributed by atoms with Crippen molar-refractivity contribution in [2.75, 3.05) is 47.5 Å². The third-order valence-corrected chi connectivity index (χ3v) is 9.92. The Morgan fingerprint density at radius 1 is 0.673 bits per heavy atom. The zero-order chi connectivity index (χ0) is 40.9. The molecule has 320 valence electrons. The lowest BCUT2D eigenvalue weighted by molar-refractivity contribution is -0.870. The Bertz CT molecular complexity index is 1100. The van der Waals surface area contributed by atoms with Crippen LogP contribution >= 0.6 is 7.82 Å². The van der Waals surface area contributed by atoms with Gasteiger partial charge in [0.1, 0.15) is 19.8 Å². The maximum Gasteiger partial charge on any atom is 0.306 e. The Morgan fingerprint density at radius 3 is 1.84 bits per heavy atom. The van der Waals surface area contributed by atoms with Gasteiger partial charge in [-0.05, 0) is 44.9 Å². The number of quaternary nitrogens is 1. The molecule has 11 heteroatoms. The minimum atomic E-state index is -4.68. The number of aliphatic hydroxyl groups is 1. The van der Waals surface area contributed by atoms with E-state index in [9.17, 15) is 24.2 Å². The molecule has 0 spiro atoms. The number of hydrogen-bond acceptors (Lipinski definition) is 9. The number of nitrogens with zero attached hydrogens (tertiary/aromatic N) is 1. The minimum Gasteiger partial charge on any atom is -0.756 e. The topological polar surface area (TPSA) is 131 Å². The van der Waals surface area contributed by atoms with Crippen molar-refractivity contribution in [3.63, 3.8) is 0 Å². The Hall–Kier alpha value is -2.07. The lowest BCUT2D eigenvalue weighted by atomic mass is 10.0. The maximum atomic E-state index is 12.7. The van der Waals surface area contributed by atoms with Gasteiger partial charge in [-0.25, -0.2) is 0 Å². The van der Waals surface area contributed by atoms with Gasteiger partial charge in [-0.15, -0.1) is 0 Å². The van der Waals surface area contributed by atoms with Gasteiger partial charge < -0.3 is 33.0 Å². The fourth-order valence-corrected chi connectivity index (χ4v) is 6.25. The Morgan fingerprint density at radius 2 is 1.22 bits per heavy atom. The first-order valence-electron chi connectivity index (χ1n) is 21.5. The van der Waals surface area contributed by atoms with E-state index in [1.54, 1.807) is 12.2 Å². The van der Waals surface area contributed by atoms with Gasteiger partial charge in [0.15, 0.2) is 6.10 Å². The van der Waals surface area contributed by atoms with Crippen LogP contribution in [0, 0.1) is 0 Å². The molecule has 0 rings (SSSR count). The van der Waals surface area contributed by atoms with Gasteiger partial charge in [0.05, 0.1) is 33.9 Å². The van der Waals surface area contributed by atoms with E-state index >= 15 is 0 Å². The molecule has 0 aromatic rings. The molecular weight excluding hydrogens is 717 g/mol. The van der Waals surface area contributed by atoms with Crippen molar-refractivity contribution in [3.05, 3.63) is 48.6 Å². The molecule has 10 nitrogen and oxygen atoms in total. The zero-order valence-electron chi connectivity index (χ0n) is 35.5. The second-order valence-corrected chi connectivity index (χ2v) is 17.0. The van der Waals surface area contributed by atoms with Gasteiger partial charge in [0, 0.05) is 12.8 Å². The lowest BCUT2D eigenvalue weighted by Gasteiger charge is -2.28. The van der Waals surface area contributed by atoms with Gasteiger partial charge >= 0.3 is 11.9 Å². The normalized spacial score (nSPS) is 14.7. The highest BCUT2D eigenvalue weighted by Crippen LogP contribution is 2.38. The number of phosphoric acid groups is 1. The smallest absolute Gasteiger partial charge is 0.306 e. The van der Waals surface area contributed by atoms with Crippen LogP contribution in [0.25, 0.3) is 0 Å². The van der Waals surface area contributed by atoms with Crippen molar-refractivity contribution in [1.82, 2.24) is 0 Å². The minimum absolute atomic E-state index is 0.00295. The van der Waals surface area contributed by atoms with Crippen molar-refractivity contribution >= 4 is 19.8 Å². The zero-order valence-corrected chi connectivity index (χ0v) is 36.4. The van der Waals surface area contributed by atoms with Gasteiger partial charge in [0.25, 0.3) is 7.82 Å². The van der Waals surface area contributed by atoms with E-state index in [2.05, 4.69) is 38.2 Å². The molecule has 55 heavy (non-hydrogen) atoms. The van der Waals surface area contributed by atoms with Gasteiger partial charge in [-0.2, -0.15) is 0 Å². The summed E-state index contributed by atoms with van der Waals surface area (Å²) in [6.45, 7) is 3.96. The van der Waals surface area contributed by atoms with Crippen LogP contribution in [-0.4, -0.2) is 81.2 Å². The molecular formula is C44H80NO9P. The van der Waals surface area contributed by atoms with Crippen LogP contribution in [-0.2, 0) is 32.7 Å². The molecule has 3 atom stereocenters. The molecule has 0 fully saturated rings. The van der Waals surface area contributed by atoms with Crippen LogP contribution in [0.4, 0.5) is 0 Å². The fraction of sp³-hybridized carbons (Fsp3) is 0.773. The monoisotopic (exact) mass is 798 g/mol. The first kappa shape index (κ1) is 52.9. The molecule has 0 aliphatic heterocycles. The maximum absolute atomic E-state index is 12.7. The number of esters is 2. The molecule has 0 aliphatic carbocycles. The van der Waals surface area contributed by atoms with Crippen LogP contribution in [0.2, 0.25) is 0 Å². The second-order valence-electron chi connectivity index (χ2n) is 15.6. The highest BCUT2D eigenvalue weighted by atomic mass is 31.2. The van der Waals surface area contributed by atoms with E-state index in [0.717, 1.165) is 38.5 Å². The Kier molecular flexibility index (Phi) is 34.9. The SMILES string of the molecule is CCCCC/C=C/C/C=C/C/C=C/C=C/C(O)CCCC(=O)OC(COC(=O)CCCCCCCCCCCCCCC)COP(=O)([O-])OCC[N+](C)(C)C. The summed E-state index contributed by atoms with van der Waals surface area (Å²) in [5.74, 6) is -1.04. The van der Waals surface area contributed by atoms with Gasteiger partial charge in [0.2, 0.25) is 0 Å². The molecule has 0 saturated heterocycles. The summed E-state index contributed by atoms with van der Waals surface area (Å²) in [6, 6.07) is 0. The van der Waals surface area contributed by atoms with Crippen LogP contribution in [0.15, 0.2) is 48.6 Å². The molecule has 0 radical (unpaired) electrons. The molecule has 3 unspecified atom stereocenters. The number of unbranched alkanes of at least 4 members (excludes halogenated alkanes) is 15. The van der Waals surface area contributed by atoms with Crippen molar-refractivity contribution in [2.45, 2.75) is 174 Å². The van der Waals surface area contributed by atoms with E-state index in [4.69, 9.17) is 18.5 Å². The number of aliphatic hydroxyl groups excluding tert-OH is 1. The van der Waals surface area contributed by atoms with Crippen LogP contribution in [0.1, 0.15) is 162 Å². The van der Waals surface area contributed by atoms with Crippen LogP contribution in [0.5, 0.6) is 0 Å². The standard InChI is InChI=1S/C44H80NO9P/c1-6-8-10-12-14-16-18-20-22-24-26-28-30-33-41(46)34-32-36-44(48)54-42(40-53-55(49,50)52-38-37-45(3,4)5)39-51-43(47)35-31-29-27-25-23-21-19-17-15-13-11-9-7-2/h14,16,20,22,26,28,30,33,41-42,46H,6-13,15,17-19,21,23-25,27,29,31-32,34-40H2,1-5H3/b16-14+,22-20+,28-26+,33-30+. The van der Waals surface area contributed by atoms with Gasteiger partial charge in [-0.3, -0.25) is 14.2 Å². The highest BCUT2D eigenvalue weighted by Gasteiger charge is 2.22. The summed E-state index contributed by atoms with van der Waals surface area (Å²) in [6.07, 6.45) is 37.4. The predicted molar refractivity (Wildman–Crippen MR) is 223 cm³/mol. The van der Waals surface area contributed by atoms with Crippen molar-refractivity contribution in [3.8, 4) is 0 Å². The number of carbonyl (C=O) groups is 2. The summed E-state index contributed by atoms with van der Waals surface area (Å²) >= 11 is 0. The van der Waals surface area contributed by atoms with E-state index < -0.39 is 38.6 Å². The van der Waals surface area contributed by atoms with Crippen molar-refractivity contribution < 1.29 is 47.2 Å². The van der Waals surface area contributed by atoms with Crippen molar-refractivity contribution in [2.24, 2.45) is 0 Å². The third-order valence-electron chi connectivity index (χ3n) is 8.96.